The normalized spacial score (nSPS) is 10.0. The molecule has 0 atom stereocenters. The molecule has 1 aromatic carbocycles. The van der Waals surface area contributed by atoms with Crippen LogP contribution in [0.5, 0.6) is 0 Å². The lowest BCUT2D eigenvalue weighted by atomic mass is 10.2. The van der Waals surface area contributed by atoms with E-state index in [1.165, 1.54) is 0 Å². The van der Waals surface area contributed by atoms with Crippen LogP contribution >= 0.6 is 0 Å². The summed E-state index contributed by atoms with van der Waals surface area (Å²) in [6.45, 7) is 0. The molecule has 0 spiro atoms. The van der Waals surface area contributed by atoms with Gasteiger partial charge in [-0.2, -0.15) is 0 Å². The average Bonchev–Trinajstić information content (AvgIpc) is 2.40. The van der Waals surface area contributed by atoms with Crippen LogP contribution in [0, 0.1) is 0 Å². The first-order valence-corrected chi connectivity index (χ1v) is 5.79. The summed E-state index contributed by atoms with van der Waals surface area (Å²) in [6, 6.07) is 12.8. The number of carbonyl (C=O) groups excluding carboxylic acids is 1. The van der Waals surface area contributed by atoms with E-state index in [4.69, 9.17) is 5.73 Å². The number of pyridine rings is 1. The molecule has 1 heterocycles. The number of aromatic nitrogens is 1. The van der Waals surface area contributed by atoms with Gasteiger partial charge in [-0.25, -0.2) is 0 Å². The van der Waals surface area contributed by atoms with Crippen LogP contribution in [-0.2, 0) is 11.2 Å². The summed E-state index contributed by atoms with van der Waals surface area (Å²) in [4.78, 5) is 15.9. The summed E-state index contributed by atoms with van der Waals surface area (Å²) in [7, 11) is 0. The first-order chi connectivity index (χ1) is 8.74. The fraction of sp³-hybridized carbons (Fsp3) is 0.143. The van der Waals surface area contributed by atoms with Gasteiger partial charge in [0.25, 0.3) is 0 Å². The van der Waals surface area contributed by atoms with Crippen LogP contribution in [0.4, 0.5) is 11.4 Å². The van der Waals surface area contributed by atoms with E-state index in [0.717, 1.165) is 11.4 Å². The molecule has 0 saturated carbocycles. The highest BCUT2D eigenvalue weighted by Gasteiger charge is 2.03. The van der Waals surface area contributed by atoms with E-state index in [2.05, 4.69) is 10.3 Å². The van der Waals surface area contributed by atoms with Crippen molar-refractivity contribution in [2.45, 2.75) is 12.8 Å². The van der Waals surface area contributed by atoms with Gasteiger partial charge in [-0.3, -0.25) is 9.78 Å². The van der Waals surface area contributed by atoms with Gasteiger partial charge in [0.05, 0.1) is 0 Å². The maximum atomic E-state index is 11.7. The molecule has 4 nitrogen and oxygen atoms in total. The molecule has 1 amide bonds. The molecule has 3 N–H and O–H groups in total. The molecule has 0 saturated heterocycles. The molecule has 0 unspecified atom stereocenters. The van der Waals surface area contributed by atoms with Gasteiger partial charge >= 0.3 is 0 Å². The van der Waals surface area contributed by atoms with Crippen LogP contribution in [0.3, 0.4) is 0 Å². The number of hydrogen-bond acceptors (Lipinski definition) is 3. The Bertz CT molecular complexity index is 508. The first-order valence-electron chi connectivity index (χ1n) is 5.79. The summed E-state index contributed by atoms with van der Waals surface area (Å²) >= 11 is 0. The molecule has 18 heavy (non-hydrogen) atoms. The summed E-state index contributed by atoms with van der Waals surface area (Å²) in [6.07, 6.45) is 2.79. The van der Waals surface area contributed by atoms with E-state index < -0.39 is 0 Å². The highest BCUT2D eigenvalue weighted by molar-refractivity contribution is 5.90. The van der Waals surface area contributed by atoms with Gasteiger partial charge in [-0.1, -0.05) is 6.07 Å². The molecule has 0 aliphatic carbocycles. The zero-order chi connectivity index (χ0) is 12.8. The number of hydrogen-bond donors (Lipinski definition) is 2. The van der Waals surface area contributed by atoms with Crippen molar-refractivity contribution in [2.24, 2.45) is 0 Å². The van der Waals surface area contributed by atoms with Crippen LogP contribution in [0.1, 0.15) is 12.1 Å². The van der Waals surface area contributed by atoms with Gasteiger partial charge < -0.3 is 11.1 Å². The second kappa shape index (κ2) is 5.82. The van der Waals surface area contributed by atoms with Crippen molar-refractivity contribution in [3.8, 4) is 0 Å². The van der Waals surface area contributed by atoms with Gasteiger partial charge in [-0.05, 0) is 42.8 Å². The largest absolute Gasteiger partial charge is 0.399 e. The standard InChI is InChI=1S/C14H15N3O/c15-11-4-6-13(7-5-11)17-14(18)9-8-12-3-1-2-10-16-12/h1-7,10H,8-9,15H2,(H,17,18). The molecular weight excluding hydrogens is 226 g/mol. The Labute approximate surface area is 106 Å². The fourth-order valence-corrected chi connectivity index (χ4v) is 1.58. The van der Waals surface area contributed by atoms with E-state index in [0.29, 0.717) is 18.5 Å². The maximum absolute atomic E-state index is 11.7. The predicted octanol–water partition coefficient (Wildman–Crippen LogP) is 2.24. The minimum atomic E-state index is -0.0228. The lowest BCUT2D eigenvalue weighted by Crippen LogP contribution is -2.12. The molecule has 0 radical (unpaired) electrons. The van der Waals surface area contributed by atoms with E-state index in [9.17, 15) is 4.79 Å². The van der Waals surface area contributed by atoms with Crippen LogP contribution < -0.4 is 11.1 Å². The van der Waals surface area contributed by atoms with Gasteiger partial charge in [-0.15, -0.1) is 0 Å². The van der Waals surface area contributed by atoms with Gasteiger partial charge in [0.15, 0.2) is 0 Å². The van der Waals surface area contributed by atoms with E-state index in [1.807, 2.05) is 18.2 Å². The molecule has 4 heteroatoms. The van der Waals surface area contributed by atoms with Crippen molar-refractivity contribution >= 4 is 17.3 Å². The van der Waals surface area contributed by atoms with Crippen LogP contribution in [0.15, 0.2) is 48.7 Å². The highest BCUT2D eigenvalue weighted by atomic mass is 16.1. The second-order valence-corrected chi connectivity index (χ2v) is 3.99. The monoisotopic (exact) mass is 241 g/mol. The Balaban J connectivity index is 1.84. The SMILES string of the molecule is Nc1ccc(NC(=O)CCc2ccccn2)cc1. The van der Waals surface area contributed by atoms with Gasteiger partial charge in [0, 0.05) is 29.7 Å². The zero-order valence-corrected chi connectivity index (χ0v) is 9.97. The Kier molecular flexibility index (Phi) is 3.91. The third-order valence-corrected chi connectivity index (χ3v) is 2.53. The lowest BCUT2D eigenvalue weighted by Gasteiger charge is -2.05. The minimum absolute atomic E-state index is 0.0228. The molecule has 0 fully saturated rings. The number of rotatable bonds is 4. The van der Waals surface area contributed by atoms with Crippen molar-refractivity contribution in [2.75, 3.05) is 11.1 Å². The number of aryl methyl sites for hydroxylation is 1. The molecule has 2 rings (SSSR count). The number of nitrogens with one attached hydrogen (secondary N) is 1. The Morgan fingerprint density at radius 1 is 1.17 bits per heavy atom. The number of carbonyl (C=O) groups is 1. The second-order valence-electron chi connectivity index (χ2n) is 3.99. The lowest BCUT2D eigenvalue weighted by molar-refractivity contribution is -0.116. The molecule has 0 bridgehead atoms. The molecule has 2 aromatic rings. The fourth-order valence-electron chi connectivity index (χ4n) is 1.58. The quantitative estimate of drug-likeness (QED) is 0.806. The van der Waals surface area contributed by atoms with Crippen LogP contribution in [-0.4, -0.2) is 10.9 Å². The van der Waals surface area contributed by atoms with Crippen molar-refractivity contribution in [1.29, 1.82) is 0 Å². The van der Waals surface area contributed by atoms with Crippen LogP contribution in [0.25, 0.3) is 0 Å². The van der Waals surface area contributed by atoms with Crippen molar-refractivity contribution in [1.82, 2.24) is 4.98 Å². The van der Waals surface area contributed by atoms with Crippen LogP contribution in [0.2, 0.25) is 0 Å². The third-order valence-electron chi connectivity index (χ3n) is 2.53. The number of benzene rings is 1. The number of nitrogen functional groups attached to an aromatic ring is 1. The Morgan fingerprint density at radius 2 is 1.94 bits per heavy atom. The van der Waals surface area contributed by atoms with Crippen molar-refractivity contribution in [3.05, 3.63) is 54.4 Å². The Morgan fingerprint density at radius 3 is 2.61 bits per heavy atom. The number of nitrogens with two attached hydrogens (primary N) is 1. The van der Waals surface area contributed by atoms with Crippen molar-refractivity contribution < 1.29 is 4.79 Å². The summed E-state index contributed by atoms with van der Waals surface area (Å²) in [5.74, 6) is -0.0228. The van der Waals surface area contributed by atoms with E-state index in [1.54, 1.807) is 30.5 Å². The van der Waals surface area contributed by atoms with Crippen molar-refractivity contribution in [3.63, 3.8) is 0 Å². The number of nitrogens with zero attached hydrogens (tertiary/aromatic N) is 1. The molecule has 92 valence electrons. The summed E-state index contributed by atoms with van der Waals surface area (Å²) in [5, 5.41) is 2.82. The predicted molar refractivity (Wildman–Crippen MR) is 72.0 cm³/mol. The zero-order valence-electron chi connectivity index (χ0n) is 9.97. The van der Waals surface area contributed by atoms with Gasteiger partial charge in [0.2, 0.25) is 5.91 Å². The van der Waals surface area contributed by atoms with E-state index >= 15 is 0 Å². The van der Waals surface area contributed by atoms with E-state index in [-0.39, 0.29) is 5.91 Å². The van der Waals surface area contributed by atoms with Gasteiger partial charge in [0.1, 0.15) is 0 Å². The average molecular weight is 241 g/mol. The number of amides is 1. The maximum Gasteiger partial charge on any atom is 0.224 e. The molecule has 0 aliphatic rings. The molecular formula is C14H15N3O. The third kappa shape index (κ3) is 3.59. The topological polar surface area (TPSA) is 68.0 Å². The molecule has 0 aliphatic heterocycles. The first kappa shape index (κ1) is 12.1. The minimum Gasteiger partial charge on any atom is -0.399 e. The summed E-state index contributed by atoms with van der Waals surface area (Å²) in [5.41, 5.74) is 7.93. The highest BCUT2D eigenvalue weighted by Crippen LogP contribution is 2.11. The summed E-state index contributed by atoms with van der Waals surface area (Å²) < 4.78 is 0. The smallest absolute Gasteiger partial charge is 0.224 e. The molecule has 1 aromatic heterocycles. The number of anilines is 2. The Hall–Kier alpha value is -2.36.